The normalized spacial score (nSPS) is 13.1. The van der Waals surface area contributed by atoms with Crippen molar-refractivity contribution in [1.29, 1.82) is 0 Å². The summed E-state index contributed by atoms with van der Waals surface area (Å²) in [5, 5.41) is 2.99. The van der Waals surface area contributed by atoms with Crippen LogP contribution < -0.4 is 14.8 Å². The van der Waals surface area contributed by atoms with Gasteiger partial charge in [0.25, 0.3) is 5.91 Å². The fourth-order valence-electron chi connectivity index (χ4n) is 3.58. The Kier molecular flexibility index (Phi) is 7.02. The molecule has 0 radical (unpaired) electrons. The van der Waals surface area contributed by atoms with Gasteiger partial charge in [-0.05, 0) is 35.2 Å². The highest BCUT2D eigenvalue weighted by molar-refractivity contribution is 5.81. The molecule has 6 heteroatoms. The number of fused-ring (bicyclic) bond motifs is 1. The molecule has 0 fully saturated rings. The molecule has 1 heterocycles. The van der Waals surface area contributed by atoms with E-state index in [1.165, 1.54) is 0 Å². The van der Waals surface area contributed by atoms with Gasteiger partial charge >= 0.3 is 5.97 Å². The van der Waals surface area contributed by atoms with E-state index in [-0.39, 0.29) is 25.0 Å². The van der Waals surface area contributed by atoms with Crippen LogP contribution in [0.5, 0.6) is 11.5 Å². The van der Waals surface area contributed by atoms with E-state index in [9.17, 15) is 9.59 Å². The third kappa shape index (κ3) is 5.88. The van der Waals surface area contributed by atoms with Crippen molar-refractivity contribution in [3.63, 3.8) is 0 Å². The van der Waals surface area contributed by atoms with Crippen LogP contribution in [0.25, 0.3) is 0 Å². The van der Waals surface area contributed by atoms with E-state index in [0.29, 0.717) is 31.1 Å². The summed E-state index contributed by atoms with van der Waals surface area (Å²) in [5.74, 6) is 0.463. The molecule has 1 aliphatic heterocycles. The van der Waals surface area contributed by atoms with Crippen LogP contribution >= 0.6 is 0 Å². The van der Waals surface area contributed by atoms with Crippen LogP contribution in [0.1, 0.15) is 22.7 Å². The maximum Gasteiger partial charge on any atom is 0.310 e. The van der Waals surface area contributed by atoms with Crippen molar-refractivity contribution in [1.82, 2.24) is 5.32 Å². The van der Waals surface area contributed by atoms with Crippen LogP contribution in [-0.2, 0) is 27.2 Å². The summed E-state index contributed by atoms with van der Waals surface area (Å²) < 4.78 is 16.2. The number of ether oxygens (including phenoxy) is 3. The second-order valence-electron chi connectivity index (χ2n) is 7.54. The smallest absolute Gasteiger partial charge is 0.310 e. The van der Waals surface area contributed by atoms with Crippen molar-refractivity contribution in [2.45, 2.75) is 18.9 Å². The first kappa shape index (κ1) is 21.4. The van der Waals surface area contributed by atoms with Gasteiger partial charge in [0.15, 0.2) is 18.1 Å². The largest absolute Gasteiger partial charge is 0.486 e. The Labute approximate surface area is 187 Å². The first-order chi connectivity index (χ1) is 15.7. The lowest BCUT2D eigenvalue weighted by atomic mass is 9.99. The van der Waals surface area contributed by atoms with Crippen molar-refractivity contribution >= 4 is 11.9 Å². The minimum absolute atomic E-state index is 0.0516. The van der Waals surface area contributed by atoms with Gasteiger partial charge in [-0.25, -0.2) is 0 Å². The molecular weight excluding hydrogens is 406 g/mol. The van der Waals surface area contributed by atoms with Crippen molar-refractivity contribution < 1.29 is 23.8 Å². The number of carbonyl (C=O) groups excluding carboxylic acids is 2. The molecule has 1 amide bonds. The average molecular weight is 431 g/mol. The number of esters is 1. The molecule has 0 aromatic heterocycles. The molecular formula is C26H25NO5. The SMILES string of the molecule is O=C(COC(=O)Cc1ccc2c(c1)OCCO2)NC(Cc1ccccc1)c1ccccc1. The summed E-state index contributed by atoms with van der Waals surface area (Å²) in [5.41, 5.74) is 2.84. The lowest BCUT2D eigenvalue weighted by Crippen LogP contribution is -2.33. The first-order valence-electron chi connectivity index (χ1n) is 10.6. The molecule has 0 bridgehead atoms. The Morgan fingerprint density at radius 2 is 1.53 bits per heavy atom. The molecule has 0 saturated carbocycles. The highest BCUT2D eigenvalue weighted by atomic mass is 16.6. The molecule has 32 heavy (non-hydrogen) atoms. The van der Waals surface area contributed by atoms with Gasteiger partial charge in [0.2, 0.25) is 0 Å². The standard InChI is InChI=1S/C26H25NO5/c28-25(18-32-26(29)17-20-11-12-23-24(16-20)31-14-13-30-23)27-22(21-9-5-2-6-10-21)15-19-7-3-1-4-8-19/h1-12,16,22H,13-15,17-18H2,(H,27,28). The predicted molar refractivity (Wildman–Crippen MR) is 120 cm³/mol. The summed E-state index contributed by atoms with van der Waals surface area (Å²) in [7, 11) is 0. The van der Waals surface area contributed by atoms with Gasteiger partial charge < -0.3 is 19.5 Å². The highest BCUT2D eigenvalue weighted by Crippen LogP contribution is 2.30. The lowest BCUT2D eigenvalue weighted by Gasteiger charge is -2.20. The molecule has 3 aromatic carbocycles. The third-order valence-corrected chi connectivity index (χ3v) is 5.14. The fourth-order valence-corrected chi connectivity index (χ4v) is 3.58. The van der Waals surface area contributed by atoms with Crippen LogP contribution in [0.4, 0.5) is 0 Å². The Balaban J connectivity index is 1.32. The van der Waals surface area contributed by atoms with Gasteiger partial charge in [0, 0.05) is 0 Å². The van der Waals surface area contributed by atoms with E-state index in [2.05, 4.69) is 5.32 Å². The zero-order chi connectivity index (χ0) is 22.2. The fraction of sp³-hybridized carbons (Fsp3) is 0.231. The Bertz CT molecular complexity index is 1050. The van der Waals surface area contributed by atoms with Gasteiger partial charge in [-0.15, -0.1) is 0 Å². The molecule has 1 atom stereocenters. The molecule has 6 nitrogen and oxygen atoms in total. The second-order valence-corrected chi connectivity index (χ2v) is 7.54. The van der Waals surface area contributed by atoms with E-state index < -0.39 is 5.97 Å². The maximum absolute atomic E-state index is 12.5. The van der Waals surface area contributed by atoms with E-state index >= 15 is 0 Å². The molecule has 3 aromatic rings. The highest BCUT2D eigenvalue weighted by Gasteiger charge is 2.18. The number of carbonyl (C=O) groups is 2. The van der Waals surface area contributed by atoms with E-state index in [1.54, 1.807) is 18.2 Å². The molecule has 0 spiro atoms. The van der Waals surface area contributed by atoms with Crippen molar-refractivity contribution in [2.75, 3.05) is 19.8 Å². The van der Waals surface area contributed by atoms with Gasteiger partial charge in [-0.1, -0.05) is 66.7 Å². The van der Waals surface area contributed by atoms with Gasteiger partial charge in [-0.2, -0.15) is 0 Å². The molecule has 4 rings (SSSR count). The quantitative estimate of drug-likeness (QED) is 0.551. The van der Waals surface area contributed by atoms with Crippen LogP contribution in [0.2, 0.25) is 0 Å². The van der Waals surface area contributed by atoms with Crippen molar-refractivity contribution in [3.8, 4) is 11.5 Å². The van der Waals surface area contributed by atoms with Crippen molar-refractivity contribution in [3.05, 3.63) is 95.6 Å². The molecule has 164 valence electrons. The molecule has 0 aliphatic carbocycles. The number of benzene rings is 3. The number of hydrogen-bond donors (Lipinski definition) is 1. The summed E-state index contributed by atoms with van der Waals surface area (Å²) in [4.78, 5) is 24.8. The summed E-state index contributed by atoms with van der Waals surface area (Å²) in [6.07, 6.45) is 0.692. The van der Waals surface area contributed by atoms with Crippen LogP contribution in [0.15, 0.2) is 78.9 Å². The minimum atomic E-state index is -0.476. The summed E-state index contributed by atoms with van der Waals surface area (Å²) in [6, 6.07) is 24.8. The second kappa shape index (κ2) is 10.5. The minimum Gasteiger partial charge on any atom is -0.486 e. The Morgan fingerprint density at radius 3 is 2.28 bits per heavy atom. The first-order valence-corrected chi connectivity index (χ1v) is 10.6. The Hall–Kier alpha value is -3.80. The summed E-state index contributed by atoms with van der Waals surface area (Å²) >= 11 is 0. The van der Waals surface area contributed by atoms with E-state index in [0.717, 1.165) is 16.7 Å². The summed E-state index contributed by atoms with van der Waals surface area (Å²) in [6.45, 7) is 0.659. The monoisotopic (exact) mass is 431 g/mol. The number of nitrogens with one attached hydrogen (secondary N) is 1. The van der Waals surface area contributed by atoms with Gasteiger partial charge in [-0.3, -0.25) is 9.59 Å². The molecule has 1 aliphatic rings. The number of hydrogen-bond acceptors (Lipinski definition) is 5. The van der Waals surface area contributed by atoms with Crippen LogP contribution in [0, 0.1) is 0 Å². The van der Waals surface area contributed by atoms with Crippen LogP contribution in [-0.4, -0.2) is 31.7 Å². The van der Waals surface area contributed by atoms with Crippen LogP contribution in [0.3, 0.4) is 0 Å². The lowest BCUT2D eigenvalue weighted by molar-refractivity contribution is -0.148. The zero-order valence-corrected chi connectivity index (χ0v) is 17.7. The molecule has 0 saturated heterocycles. The molecule has 1 unspecified atom stereocenters. The van der Waals surface area contributed by atoms with Crippen molar-refractivity contribution in [2.24, 2.45) is 0 Å². The predicted octanol–water partition coefficient (Wildman–Crippen LogP) is 3.64. The Morgan fingerprint density at radius 1 is 0.844 bits per heavy atom. The topological polar surface area (TPSA) is 73.9 Å². The maximum atomic E-state index is 12.5. The van der Waals surface area contributed by atoms with E-state index in [1.807, 2.05) is 60.7 Å². The van der Waals surface area contributed by atoms with E-state index in [4.69, 9.17) is 14.2 Å². The van der Waals surface area contributed by atoms with Gasteiger partial charge in [0.1, 0.15) is 13.2 Å². The zero-order valence-electron chi connectivity index (χ0n) is 17.7. The average Bonchev–Trinajstić information content (AvgIpc) is 2.83. The third-order valence-electron chi connectivity index (χ3n) is 5.14. The molecule has 1 N–H and O–H groups in total. The number of amides is 1. The number of rotatable bonds is 8. The van der Waals surface area contributed by atoms with Gasteiger partial charge in [0.05, 0.1) is 12.5 Å².